The van der Waals surface area contributed by atoms with E-state index in [1.165, 1.54) is 21.9 Å². The van der Waals surface area contributed by atoms with Crippen LogP contribution in [0.5, 0.6) is 5.75 Å². The molecule has 20 heavy (non-hydrogen) atoms. The predicted octanol–water partition coefficient (Wildman–Crippen LogP) is 5.02. The monoisotopic (exact) mass is 332 g/mol. The quantitative estimate of drug-likeness (QED) is 0.719. The Morgan fingerprint density at radius 1 is 1.25 bits per heavy atom. The summed E-state index contributed by atoms with van der Waals surface area (Å²) in [6, 6.07) is 10.4. The van der Waals surface area contributed by atoms with Crippen LogP contribution in [0.1, 0.15) is 25.0 Å². The first kappa shape index (κ1) is 13.7. The van der Waals surface area contributed by atoms with Crippen LogP contribution in [-0.2, 0) is 4.74 Å². The molecule has 0 amide bonds. The predicted molar refractivity (Wildman–Crippen MR) is 85.3 cm³/mol. The Balaban J connectivity index is 2.05. The molecule has 1 aliphatic rings. The lowest BCUT2D eigenvalue weighted by Crippen LogP contribution is -2.11. The first-order valence-electron chi connectivity index (χ1n) is 6.72. The Morgan fingerprint density at radius 3 is 2.85 bits per heavy atom. The fraction of sp³-hybridized carbons (Fsp3) is 0.294. The number of rotatable bonds is 2. The van der Waals surface area contributed by atoms with Crippen LogP contribution in [0, 0.1) is 0 Å². The van der Waals surface area contributed by atoms with E-state index in [4.69, 9.17) is 9.47 Å². The summed E-state index contributed by atoms with van der Waals surface area (Å²) in [6.45, 7) is 2.86. The lowest BCUT2D eigenvalue weighted by molar-refractivity contribution is 0.0637. The van der Waals surface area contributed by atoms with E-state index in [1.54, 1.807) is 7.11 Å². The van der Waals surface area contributed by atoms with Crippen molar-refractivity contribution >= 4 is 26.7 Å². The van der Waals surface area contributed by atoms with Crippen LogP contribution >= 0.6 is 15.9 Å². The van der Waals surface area contributed by atoms with Crippen molar-refractivity contribution in [3.8, 4) is 5.75 Å². The van der Waals surface area contributed by atoms with Crippen molar-refractivity contribution in [1.29, 1.82) is 0 Å². The van der Waals surface area contributed by atoms with Crippen LogP contribution in [0.4, 0.5) is 0 Å². The van der Waals surface area contributed by atoms with Crippen molar-refractivity contribution in [3.63, 3.8) is 0 Å². The molecule has 0 N–H and O–H groups in total. The molecule has 2 aromatic rings. The second kappa shape index (κ2) is 5.58. The van der Waals surface area contributed by atoms with E-state index < -0.39 is 0 Å². The average Bonchev–Trinajstić information content (AvgIpc) is 2.47. The van der Waals surface area contributed by atoms with Crippen molar-refractivity contribution in [3.05, 3.63) is 52.0 Å². The summed E-state index contributed by atoms with van der Waals surface area (Å²) in [7, 11) is 1.69. The smallest absolute Gasteiger partial charge is 0.119 e. The number of fused-ring (bicyclic) bond motifs is 1. The molecule has 104 valence electrons. The summed E-state index contributed by atoms with van der Waals surface area (Å²) in [5.41, 5.74) is 2.61. The van der Waals surface area contributed by atoms with Crippen LogP contribution < -0.4 is 4.74 Å². The number of benzene rings is 2. The zero-order chi connectivity index (χ0) is 14.1. The minimum absolute atomic E-state index is 0.140. The lowest BCUT2D eigenvalue weighted by Gasteiger charge is -2.24. The second-order valence-electron chi connectivity index (χ2n) is 5.13. The number of ether oxygens (including phenoxy) is 2. The average molecular weight is 333 g/mol. The molecule has 0 saturated heterocycles. The number of hydrogen-bond acceptors (Lipinski definition) is 2. The Kier molecular flexibility index (Phi) is 3.81. The molecule has 3 rings (SSSR count). The van der Waals surface area contributed by atoms with E-state index in [2.05, 4.69) is 53.2 Å². The molecule has 1 heterocycles. The molecule has 1 atom stereocenters. The molecule has 0 spiro atoms. The highest BCUT2D eigenvalue weighted by molar-refractivity contribution is 9.10. The number of methoxy groups -OCH3 is 1. The third-order valence-corrected chi connectivity index (χ3v) is 4.66. The Bertz CT molecular complexity index is 676. The highest BCUT2D eigenvalue weighted by Crippen LogP contribution is 2.37. The van der Waals surface area contributed by atoms with Crippen LogP contribution in [0.25, 0.3) is 10.8 Å². The molecule has 2 nitrogen and oxygen atoms in total. The summed E-state index contributed by atoms with van der Waals surface area (Å²) >= 11 is 3.74. The molecular formula is C17H17BrO2. The molecule has 0 aromatic heterocycles. The van der Waals surface area contributed by atoms with E-state index >= 15 is 0 Å². The first-order chi connectivity index (χ1) is 9.69. The molecule has 1 unspecified atom stereocenters. The van der Waals surface area contributed by atoms with E-state index in [-0.39, 0.29) is 6.10 Å². The van der Waals surface area contributed by atoms with E-state index in [9.17, 15) is 0 Å². The summed E-state index contributed by atoms with van der Waals surface area (Å²) in [5.74, 6) is 0.879. The van der Waals surface area contributed by atoms with Crippen LogP contribution in [-0.4, -0.2) is 13.7 Å². The Labute approximate surface area is 127 Å². The molecule has 2 aromatic carbocycles. The van der Waals surface area contributed by atoms with Gasteiger partial charge in [-0.05, 0) is 63.8 Å². The summed E-state index contributed by atoms with van der Waals surface area (Å²) in [4.78, 5) is 0. The molecule has 0 saturated carbocycles. The lowest BCUT2D eigenvalue weighted by atomic mass is 9.97. The van der Waals surface area contributed by atoms with E-state index in [0.717, 1.165) is 16.6 Å². The van der Waals surface area contributed by atoms with Gasteiger partial charge in [-0.25, -0.2) is 0 Å². The van der Waals surface area contributed by atoms with E-state index in [0.29, 0.717) is 6.61 Å². The van der Waals surface area contributed by atoms with Gasteiger partial charge in [-0.3, -0.25) is 0 Å². The third-order valence-electron chi connectivity index (χ3n) is 3.77. The van der Waals surface area contributed by atoms with Gasteiger partial charge in [0.2, 0.25) is 0 Å². The SMILES string of the molecule is COc1ccc2c(Br)c(C3CC(C)=CCO3)ccc2c1. The summed E-state index contributed by atoms with van der Waals surface area (Å²) < 4.78 is 12.3. The van der Waals surface area contributed by atoms with Crippen molar-refractivity contribution < 1.29 is 9.47 Å². The topological polar surface area (TPSA) is 18.5 Å². The normalized spacial score (nSPS) is 18.9. The van der Waals surface area contributed by atoms with Crippen molar-refractivity contribution in [2.24, 2.45) is 0 Å². The van der Waals surface area contributed by atoms with Gasteiger partial charge in [0.25, 0.3) is 0 Å². The van der Waals surface area contributed by atoms with Crippen LogP contribution in [0.3, 0.4) is 0 Å². The summed E-state index contributed by atoms with van der Waals surface area (Å²) in [6.07, 6.45) is 3.25. The third kappa shape index (κ3) is 2.48. The standard InChI is InChI=1S/C17H17BrO2/c1-11-7-8-20-16(9-11)15-5-3-12-10-13(19-2)4-6-14(12)17(15)18/h3-7,10,16H,8-9H2,1-2H3. The fourth-order valence-electron chi connectivity index (χ4n) is 2.60. The molecule has 3 heteroatoms. The van der Waals surface area contributed by atoms with Crippen molar-refractivity contribution in [2.75, 3.05) is 13.7 Å². The first-order valence-corrected chi connectivity index (χ1v) is 7.51. The zero-order valence-corrected chi connectivity index (χ0v) is 13.2. The Hall–Kier alpha value is -1.32. The van der Waals surface area contributed by atoms with Gasteiger partial charge in [-0.1, -0.05) is 23.8 Å². The van der Waals surface area contributed by atoms with Gasteiger partial charge in [0.15, 0.2) is 0 Å². The second-order valence-corrected chi connectivity index (χ2v) is 5.93. The number of halogens is 1. The molecule has 1 aliphatic heterocycles. The highest BCUT2D eigenvalue weighted by Gasteiger charge is 2.19. The van der Waals surface area contributed by atoms with E-state index in [1.807, 2.05) is 6.07 Å². The van der Waals surface area contributed by atoms with Gasteiger partial charge in [-0.15, -0.1) is 0 Å². The highest BCUT2D eigenvalue weighted by atomic mass is 79.9. The fourth-order valence-corrected chi connectivity index (χ4v) is 3.35. The van der Waals surface area contributed by atoms with Gasteiger partial charge in [0.05, 0.1) is 19.8 Å². The molecular weight excluding hydrogens is 316 g/mol. The maximum atomic E-state index is 5.88. The van der Waals surface area contributed by atoms with Crippen LogP contribution in [0.2, 0.25) is 0 Å². The summed E-state index contributed by atoms with van der Waals surface area (Å²) in [5, 5.41) is 2.36. The van der Waals surface area contributed by atoms with Crippen molar-refractivity contribution in [2.45, 2.75) is 19.4 Å². The van der Waals surface area contributed by atoms with Gasteiger partial charge in [0, 0.05) is 4.47 Å². The molecule has 0 aliphatic carbocycles. The maximum absolute atomic E-state index is 5.88. The Morgan fingerprint density at radius 2 is 2.10 bits per heavy atom. The maximum Gasteiger partial charge on any atom is 0.119 e. The molecule has 0 fully saturated rings. The molecule has 0 radical (unpaired) electrons. The number of hydrogen-bond donors (Lipinski definition) is 0. The van der Waals surface area contributed by atoms with Crippen LogP contribution in [0.15, 0.2) is 46.5 Å². The largest absolute Gasteiger partial charge is 0.497 e. The van der Waals surface area contributed by atoms with Gasteiger partial charge in [-0.2, -0.15) is 0 Å². The minimum Gasteiger partial charge on any atom is -0.497 e. The zero-order valence-electron chi connectivity index (χ0n) is 11.7. The van der Waals surface area contributed by atoms with Crippen molar-refractivity contribution in [1.82, 2.24) is 0 Å². The van der Waals surface area contributed by atoms with Gasteiger partial charge in [0.1, 0.15) is 5.75 Å². The molecule has 0 bridgehead atoms. The van der Waals surface area contributed by atoms with Gasteiger partial charge >= 0.3 is 0 Å². The van der Waals surface area contributed by atoms with Gasteiger partial charge < -0.3 is 9.47 Å². The minimum atomic E-state index is 0.140.